The largest absolute Gasteiger partial charge is 0.368 e. The molecule has 3 aromatic rings. The van der Waals surface area contributed by atoms with Gasteiger partial charge in [0.25, 0.3) is 0 Å². The Balaban J connectivity index is 2.18. The lowest BCUT2D eigenvalue weighted by Crippen LogP contribution is -2.14. The molecule has 0 aliphatic carbocycles. The van der Waals surface area contributed by atoms with E-state index in [1.807, 2.05) is 25.1 Å². The number of hydrogen-bond donors (Lipinski definition) is 4. The van der Waals surface area contributed by atoms with Gasteiger partial charge in [-0.05, 0) is 65.4 Å². The number of nitrogens with one attached hydrogen (secondary N) is 2. The number of benzene rings is 2. The predicted octanol–water partition coefficient (Wildman–Crippen LogP) is 2.50. The van der Waals surface area contributed by atoms with Gasteiger partial charge in [-0.25, -0.2) is 17.9 Å². The number of hydrogen-bond acceptors (Lipinski definition) is 6. The molecule has 2 aromatic carbocycles. The summed E-state index contributed by atoms with van der Waals surface area (Å²) in [5.74, 6) is -0.759. The van der Waals surface area contributed by atoms with Gasteiger partial charge in [0, 0.05) is 14.8 Å². The second kappa shape index (κ2) is 6.81. The van der Waals surface area contributed by atoms with E-state index in [9.17, 15) is 12.8 Å². The van der Waals surface area contributed by atoms with E-state index in [-0.39, 0.29) is 23.0 Å². The number of rotatable bonds is 4. The zero-order chi connectivity index (χ0) is 19.1. The highest BCUT2D eigenvalue weighted by Crippen LogP contribution is 2.33. The molecule has 0 unspecified atom stereocenters. The number of anilines is 3. The van der Waals surface area contributed by atoms with Crippen molar-refractivity contribution in [1.29, 1.82) is 0 Å². The summed E-state index contributed by atoms with van der Waals surface area (Å²) in [6.45, 7) is 1.89. The van der Waals surface area contributed by atoms with Crippen molar-refractivity contribution in [3.63, 3.8) is 0 Å². The second-order valence-electron chi connectivity index (χ2n) is 5.52. The molecular weight excluding hydrogens is 474 g/mol. The molecule has 0 aliphatic rings. The molecule has 3 rings (SSSR count). The quantitative estimate of drug-likeness (QED) is 0.416. The molecular formula is C15H14FIN6O2S. The summed E-state index contributed by atoms with van der Waals surface area (Å²) in [4.78, 5) is 2.05. The average Bonchev–Trinajstić information content (AvgIpc) is 2.95. The maximum atomic E-state index is 14.3. The smallest absolute Gasteiger partial charge is 0.240 e. The van der Waals surface area contributed by atoms with Crippen LogP contribution >= 0.6 is 22.6 Å². The predicted molar refractivity (Wildman–Crippen MR) is 105 cm³/mol. The average molecular weight is 488 g/mol. The normalized spacial score (nSPS) is 11.5. The number of nitrogens with zero attached hydrogens (tertiary/aromatic N) is 2. The van der Waals surface area contributed by atoms with Gasteiger partial charge in [0.05, 0.1) is 5.69 Å². The Hall–Kier alpha value is -2.25. The topological polar surface area (TPSA) is 140 Å². The molecule has 11 heteroatoms. The van der Waals surface area contributed by atoms with Gasteiger partial charge >= 0.3 is 0 Å². The lowest BCUT2D eigenvalue weighted by Gasteiger charge is -2.14. The van der Waals surface area contributed by atoms with Crippen LogP contribution in [0.5, 0.6) is 0 Å². The van der Waals surface area contributed by atoms with Gasteiger partial charge < -0.3 is 16.0 Å². The molecule has 0 spiro atoms. The minimum atomic E-state index is -4.26. The number of nitrogens with two attached hydrogens (primary N) is 2. The first kappa shape index (κ1) is 18.5. The molecule has 136 valence electrons. The Morgan fingerprint density at radius 3 is 2.50 bits per heavy atom. The van der Waals surface area contributed by atoms with Crippen LogP contribution in [0, 0.1) is 16.3 Å². The van der Waals surface area contributed by atoms with Gasteiger partial charge in [0.2, 0.25) is 16.0 Å². The third kappa shape index (κ3) is 3.78. The van der Waals surface area contributed by atoms with E-state index in [0.717, 1.165) is 27.0 Å². The first-order chi connectivity index (χ1) is 12.1. The third-order valence-electron chi connectivity index (χ3n) is 3.60. The molecule has 8 nitrogen and oxygen atoms in total. The van der Waals surface area contributed by atoms with Crippen molar-refractivity contribution < 1.29 is 12.8 Å². The summed E-state index contributed by atoms with van der Waals surface area (Å²) >= 11 is 2.18. The molecule has 0 fully saturated rings. The van der Waals surface area contributed by atoms with Crippen LogP contribution in [0.25, 0.3) is 11.4 Å². The number of H-pyrrole nitrogens is 1. The zero-order valence-electron chi connectivity index (χ0n) is 13.4. The highest BCUT2D eigenvalue weighted by atomic mass is 127. The Morgan fingerprint density at radius 1 is 1.19 bits per heavy atom. The molecule has 1 heterocycles. The number of aromatic nitrogens is 3. The second-order valence-corrected chi connectivity index (χ2v) is 8.29. The highest BCUT2D eigenvalue weighted by molar-refractivity contribution is 14.1. The van der Waals surface area contributed by atoms with Crippen molar-refractivity contribution in [3.8, 4) is 11.4 Å². The highest BCUT2D eigenvalue weighted by Gasteiger charge is 2.21. The molecule has 0 saturated heterocycles. The molecule has 26 heavy (non-hydrogen) atoms. The fraction of sp³-hybridized carbons (Fsp3) is 0.0667. The summed E-state index contributed by atoms with van der Waals surface area (Å²) in [5, 5.41) is 15.7. The molecule has 0 radical (unpaired) electrons. The molecule has 1 aromatic heterocycles. The third-order valence-corrected chi connectivity index (χ3v) is 5.19. The Kier molecular flexibility index (Phi) is 4.86. The Labute approximate surface area is 162 Å². The molecule has 0 amide bonds. The van der Waals surface area contributed by atoms with E-state index in [4.69, 9.17) is 10.9 Å². The maximum absolute atomic E-state index is 14.3. The van der Waals surface area contributed by atoms with E-state index in [0.29, 0.717) is 0 Å². The number of halogens is 2. The van der Waals surface area contributed by atoms with Crippen molar-refractivity contribution in [2.24, 2.45) is 5.14 Å². The summed E-state index contributed by atoms with van der Waals surface area (Å²) in [6.07, 6.45) is 0. The van der Waals surface area contributed by atoms with Crippen LogP contribution in [0.4, 0.5) is 21.7 Å². The molecule has 0 saturated carbocycles. The lowest BCUT2D eigenvalue weighted by atomic mass is 10.1. The first-order valence-electron chi connectivity index (χ1n) is 7.23. The van der Waals surface area contributed by atoms with Crippen LogP contribution in [-0.4, -0.2) is 23.6 Å². The van der Waals surface area contributed by atoms with E-state index in [1.165, 1.54) is 0 Å². The fourth-order valence-corrected chi connectivity index (χ4v) is 3.64. The number of aryl methyl sites for hydroxylation is 1. The van der Waals surface area contributed by atoms with Gasteiger partial charge in [0.15, 0.2) is 5.82 Å². The summed E-state index contributed by atoms with van der Waals surface area (Å²) in [7, 11) is -4.26. The molecule has 6 N–H and O–H groups in total. The van der Waals surface area contributed by atoms with Crippen LogP contribution in [0.15, 0.2) is 35.2 Å². The van der Waals surface area contributed by atoms with Crippen LogP contribution in [0.3, 0.4) is 0 Å². The zero-order valence-corrected chi connectivity index (χ0v) is 16.4. The number of primary sulfonamides is 1. The van der Waals surface area contributed by atoms with Crippen LogP contribution in [0.2, 0.25) is 0 Å². The minimum Gasteiger partial charge on any atom is -0.368 e. The Morgan fingerprint density at radius 2 is 1.92 bits per heavy atom. The van der Waals surface area contributed by atoms with Gasteiger partial charge in [-0.15, -0.1) is 10.2 Å². The summed E-state index contributed by atoms with van der Waals surface area (Å²) < 4.78 is 38.7. The van der Waals surface area contributed by atoms with Crippen molar-refractivity contribution in [2.75, 3.05) is 11.1 Å². The van der Waals surface area contributed by atoms with Crippen molar-refractivity contribution in [2.45, 2.75) is 11.8 Å². The monoisotopic (exact) mass is 488 g/mol. The van der Waals surface area contributed by atoms with Crippen LogP contribution < -0.4 is 16.2 Å². The summed E-state index contributed by atoms with van der Waals surface area (Å²) in [6, 6.07) is 7.81. The standard InChI is InChI=1S/C15H14FIN6O2S/c1-7-4-8(17)2-3-11(7)20-12-6-10(16)13(26(19,24)25)5-9(12)14-21-15(18)23-22-14/h2-6,20H,1H3,(H2,19,24,25)(H3,18,21,22,23). The number of aromatic amines is 1. The van der Waals surface area contributed by atoms with Crippen molar-refractivity contribution in [1.82, 2.24) is 15.2 Å². The summed E-state index contributed by atoms with van der Waals surface area (Å²) in [5.41, 5.74) is 7.75. The molecule has 0 aliphatic heterocycles. The maximum Gasteiger partial charge on any atom is 0.240 e. The number of sulfonamides is 1. The van der Waals surface area contributed by atoms with Gasteiger partial charge in [-0.1, -0.05) is 0 Å². The van der Waals surface area contributed by atoms with Crippen molar-refractivity contribution >= 4 is 49.9 Å². The lowest BCUT2D eigenvalue weighted by molar-refractivity contribution is 0.568. The molecule has 0 atom stereocenters. The molecule has 0 bridgehead atoms. The van der Waals surface area contributed by atoms with Crippen molar-refractivity contribution in [3.05, 3.63) is 45.3 Å². The Bertz CT molecular complexity index is 1100. The number of nitrogen functional groups attached to an aromatic ring is 1. The van der Waals surface area contributed by atoms with Gasteiger partial charge in [0.1, 0.15) is 10.7 Å². The van der Waals surface area contributed by atoms with Gasteiger partial charge in [-0.3, -0.25) is 0 Å². The SMILES string of the molecule is Cc1cc(I)ccc1Nc1cc(F)c(S(N)(=O)=O)cc1-c1nnc(N)[nH]1. The van der Waals surface area contributed by atoms with E-state index in [1.54, 1.807) is 0 Å². The van der Waals surface area contributed by atoms with Crippen LogP contribution in [0.1, 0.15) is 5.56 Å². The first-order valence-corrected chi connectivity index (χ1v) is 9.85. The van der Waals surface area contributed by atoms with E-state index < -0.39 is 20.7 Å². The van der Waals surface area contributed by atoms with Gasteiger partial charge in [-0.2, -0.15) is 0 Å². The fourth-order valence-electron chi connectivity index (χ4n) is 2.38. The minimum absolute atomic E-state index is 0.0397. The van der Waals surface area contributed by atoms with E-state index in [2.05, 4.69) is 43.1 Å². The van der Waals surface area contributed by atoms with Crippen LogP contribution in [-0.2, 0) is 10.0 Å². The van der Waals surface area contributed by atoms with E-state index >= 15 is 0 Å².